The first-order valence-corrected chi connectivity index (χ1v) is 5.30. The van der Waals surface area contributed by atoms with Crippen molar-refractivity contribution in [3.8, 4) is 0 Å². The highest BCUT2D eigenvalue weighted by atomic mass is 16.6. The van der Waals surface area contributed by atoms with Crippen LogP contribution in [0.25, 0.3) is 0 Å². The van der Waals surface area contributed by atoms with Gasteiger partial charge in [-0.3, -0.25) is 10.1 Å². The second-order valence-electron chi connectivity index (χ2n) is 3.88. The largest absolute Gasteiger partial charge is 0.383 e. The van der Waals surface area contributed by atoms with E-state index in [1.807, 2.05) is 6.92 Å². The van der Waals surface area contributed by atoms with E-state index >= 15 is 0 Å². The van der Waals surface area contributed by atoms with Gasteiger partial charge in [0, 0.05) is 12.6 Å². The lowest BCUT2D eigenvalue weighted by Gasteiger charge is -2.21. The van der Waals surface area contributed by atoms with Gasteiger partial charge in [0.1, 0.15) is 11.6 Å². The van der Waals surface area contributed by atoms with Gasteiger partial charge in [-0.05, 0) is 19.8 Å². The van der Waals surface area contributed by atoms with E-state index in [9.17, 15) is 10.1 Å². The molecule has 0 saturated heterocycles. The summed E-state index contributed by atoms with van der Waals surface area (Å²) < 4.78 is 0. The lowest BCUT2D eigenvalue weighted by molar-refractivity contribution is -0.384. The molecule has 1 heterocycles. The molecule has 2 rings (SSSR count). The third-order valence-electron chi connectivity index (χ3n) is 2.65. The molecule has 16 heavy (non-hydrogen) atoms. The van der Waals surface area contributed by atoms with Gasteiger partial charge in [0.2, 0.25) is 0 Å². The zero-order valence-electron chi connectivity index (χ0n) is 9.09. The Morgan fingerprint density at radius 2 is 2.31 bits per heavy atom. The molecule has 1 saturated carbocycles. The Bertz CT molecular complexity index is 417. The van der Waals surface area contributed by atoms with Gasteiger partial charge in [0.15, 0.2) is 0 Å². The van der Waals surface area contributed by atoms with Crippen LogP contribution < -0.4 is 10.6 Å². The maximum Gasteiger partial charge on any atom is 0.276 e. The monoisotopic (exact) mass is 222 g/mol. The number of rotatable bonds is 4. The van der Waals surface area contributed by atoms with E-state index in [0.717, 1.165) is 19.4 Å². The van der Waals surface area contributed by atoms with Gasteiger partial charge in [-0.25, -0.2) is 4.98 Å². The van der Waals surface area contributed by atoms with Crippen molar-refractivity contribution in [1.82, 2.24) is 4.98 Å². The number of hydrogen-bond acceptors (Lipinski definition) is 5. The number of nitro groups is 1. The maximum absolute atomic E-state index is 10.7. The van der Waals surface area contributed by atoms with Crippen molar-refractivity contribution in [2.45, 2.75) is 25.8 Å². The minimum atomic E-state index is -0.442. The molecule has 1 fully saturated rings. The summed E-state index contributed by atoms with van der Waals surface area (Å²) in [6.07, 6.45) is 2.25. The number of nitrogens with zero attached hydrogens (tertiary/aromatic N) is 3. The molecule has 0 amide bonds. The van der Waals surface area contributed by atoms with Crippen LogP contribution in [-0.4, -0.2) is 22.5 Å². The van der Waals surface area contributed by atoms with E-state index in [-0.39, 0.29) is 11.5 Å². The Balaban J connectivity index is 2.35. The van der Waals surface area contributed by atoms with Crippen LogP contribution in [0.5, 0.6) is 0 Å². The zero-order chi connectivity index (χ0) is 11.7. The molecular formula is C10H14N4O2. The Morgan fingerprint density at radius 3 is 2.81 bits per heavy atom. The van der Waals surface area contributed by atoms with Crippen molar-refractivity contribution in [3.63, 3.8) is 0 Å². The molecule has 0 unspecified atom stereocenters. The summed E-state index contributed by atoms with van der Waals surface area (Å²) in [6, 6.07) is 3.24. The van der Waals surface area contributed by atoms with Crippen LogP contribution in [0.3, 0.4) is 0 Å². The highest BCUT2D eigenvalue weighted by Crippen LogP contribution is 2.32. The lowest BCUT2D eigenvalue weighted by Crippen LogP contribution is -2.26. The average Bonchev–Trinajstić information content (AvgIpc) is 3.02. The maximum atomic E-state index is 10.7. The molecule has 1 aliphatic rings. The summed E-state index contributed by atoms with van der Waals surface area (Å²) in [5, 5.41) is 10.7. The molecule has 0 spiro atoms. The fourth-order valence-electron chi connectivity index (χ4n) is 1.77. The predicted molar refractivity (Wildman–Crippen MR) is 61.3 cm³/mol. The minimum absolute atomic E-state index is 0.00148. The fraction of sp³-hybridized carbons (Fsp3) is 0.500. The van der Waals surface area contributed by atoms with E-state index in [1.54, 1.807) is 0 Å². The van der Waals surface area contributed by atoms with Gasteiger partial charge in [-0.2, -0.15) is 0 Å². The summed E-state index contributed by atoms with van der Waals surface area (Å²) in [6.45, 7) is 2.80. The predicted octanol–water partition coefficient (Wildman–Crippen LogP) is 1.56. The average molecular weight is 222 g/mol. The lowest BCUT2D eigenvalue weighted by atomic mass is 10.3. The number of pyridine rings is 1. The van der Waals surface area contributed by atoms with E-state index in [1.165, 1.54) is 12.1 Å². The molecule has 0 bridgehead atoms. The van der Waals surface area contributed by atoms with Gasteiger partial charge in [0.05, 0.1) is 17.1 Å². The number of nitrogens with two attached hydrogens (primary N) is 1. The summed E-state index contributed by atoms with van der Waals surface area (Å²) in [5.41, 5.74) is 5.57. The standard InChI is InChI=1S/C10H14N4O2/c1-2-13(7-3-4-7)10-6-8(14(15)16)5-9(11)12-10/h5-7H,2-4H2,1H3,(H2,11,12). The number of aromatic nitrogens is 1. The van der Waals surface area contributed by atoms with E-state index < -0.39 is 4.92 Å². The van der Waals surface area contributed by atoms with Crippen molar-refractivity contribution in [2.24, 2.45) is 0 Å². The molecule has 0 atom stereocenters. The van der Waals surface area contributed by atoms with Crippen LogP contribution >= 0.6 is 0 Å². The summed E-state index contributed by atoms with van der Waals surface area (Å²) in [5.74, 6) is 0.806. The van der Waals surface area contributed by atoms with Crippen LogP contribution in [-0.2, 0) is 0 Å². The number of anilines is 2. The van der Waals surface area contributed by atoms with Crippen LogP contribution in [0, 0.1) is 10.1 Å². The first-order valence-electron chi connectivity index (χ1n) is 5.30. The van der Waals surface area contributed by atoms with Gasteiger partial charge in [-0.15, -0.1) is 0 Å². The van der Waals surface area contributed by atoms with Crippen LogP contribution in [0.15, 0.2) is 12.1 Å². The SMILES string of the molecule is CCN(c1cc([N+](=O)[O-])cc(N)n1)C1CC1. The molecule has 0 aromatic carbocycles. The number of hydrogen-bond donors (Lipinski definition) is 1. The molecular weight excluding hydrogens is 208 g/mol. The van der Waals surface area contributed by atoms with Crippen LogP contribution in [0.1, 0.15) is 19.8 Å². The first-order chi connectivity index (χ1) is 7.61. The highest BCUT2D eigenvalue weighted by Gasteiger charge is 2.29. The van der Waals surface area contributed by atoms with Crippen molar-refractivity contribution >= 4 is 17.3 Å². The molecule has 0 aliphatic heterocycles. The second kappa shape index (κ2) is 3.96. The Kier molecular flexibility index (Phi) is 2.64. The van der Waals surface area contributed by atoms with Gasteiger partial charge >= 0.3 is 0 Å². The smallest absolute Gasteiger partial charge is 0.276 e. The quantitative estimate of drug-likeness (QED) is 0.617. The van der Waals surface area contributed by atoms with E-state index in [0.29, 0.717) is 11.9 Å². The Labute approximate surface area is 93.2 Å². The van der Waals surface area contributed by atoms with E-state index in [4.69, 9.17) is 5.73 Å². The molecule has 86 valence electrons. The zero-order valence-corrected chi connectivity index (χ0v) is 9.09. The molecule has 1 aliphatic carbocycles. The normalized spacial score (nSPS) is 14.8. The van der Waals surface area contributed by atoms with Crippen LogP contribution in [0.2, 0.25) is 0 Å². The minimum Gasteiger partial charge on any atom is -0.383 e. The number of nitrogen functional groups attached to an aromatic ring is 1. The molecule has 6 heteroatoms. The van der Waals surface area contributed by atoms with Crippen molar-refractivity contribution in [2.75, 3.05) is 17.2 Å². The Hall–Kier alpha value is -1.85. The molecule has 1 aromatic rings. The van der Waals surface area contributed by atoms with Crippen molar-refractivity contribution < 1.29 is 4.92 Å². The summed E-state index contributed by atoms with van der Waals surface area (Å²) in [4.78, 5) is 16.5. The topological polar surface area (TPSA) is 85.3 Å². The molecule has 6 nitrogen and oxygen atoms in total. The molecule has 2 N–H and O–H groups in total. The van der Waals surface area contributed by atoms with E-state index in [2.05, 4.69) is 9.88 Å². The van der Waals surface area contributed by atoms with Gasteiger partial charge < -0.3 is 10.6 Å². The highest BCUT2D eigenvalue weighted by molar-refractivity contribution is 5.55. The first kappa shape index (κ1) is 10.7. The fourth-order valence-corrected chi connectivity index (χ4v) is 1.77. The van der Waals surface area contributed by atoms with Crippen molar-refractivity contribution in [3.05, 3.63) is 22.2 Å². The van der Waals surface area contributed by atoms with Gasteiger partial charge in [0.25, 0.3) is 5.69 Å². The van der Waals surface area contributed by atoms with Crippen molar-refractivity contribution in [1.29, 1.82) is 0 Å². The third-order valence-corrected chi connectivity index (χ3v) is 2.65. The van der Waals surface area contributed by atoms with Gasteiger partial charge in [-0.1, -0.05) is 0 Å². The summed E-state index contributed by atoms with van der Waals surface area (Å²) in [7, 11) is 0. The third kappa shape index (κ3) is 2.05. The molecule has 1 aromatic heterocycles. The second-order valence-corrected chi connectivity index (χ2v) is 3.88. The van der Waals surface area contributed by atoms with Crippen LogP contribution in [0.4, 0.5) is 17.3 Å². The molecule has 0 radical (unpaired) electrons. The Morgan fingerprint density at radius 1 is 1.62 bits per heavy atom. The summed E-state index contributed by atoms with van der Waals surface area (Å²) >= 11 is 0.